The van der Waals surface area contributed by atoms with Gasteiger partial charge in [0, 0.05) is 13.6 Å². The van der Waals surface area contributed by atoms with E-state index in [1.165, 1.54) is 22.6 Å². The normalized spacial score (nSPS) is 12.2. The molecule has 2 amide bonds. The van der Waals surface area contributed by atoms with Crippen LogP contribution in [-0.2, 0) is 21.5 Å². The Labute approximate surface area is 178 Å². The lowest BCUT2D eigenvalue weighted by atomic mass is 9.87. The topological polar surface area (TPSA) is 58.6 Å². The number of hydrogen-bond donors (Lipinski definition) is 1. The summed E-state index contributed by atoms with van der Waals surface area (Å²) in [5.41, 5.74) is 1.94. The number of amides is 2. The van der Waals surface area contributed by atoms with E-state index in [0.29, 0.717) is 12.2 Å². The van der Waals surface area contributed by atoms with Gasteiger partial charge in [-0.2, -0.15) is 0 Å². The van der Waals surface area contributed by atoms with Crippen molar-refractivity contribution in [2.75, 3.05) is 13.7 Å². The summed E-state index contributed by atoms with van der Waals surface area (Å²) in [5, 5.41) is 2.61. The predicted molar refractivity (Wildman–Crippen MR) is 116 cm³/mol. The Kier molecular flexibility index (Phi) is 7.98. The molecule has 1 atom stereocenters. The third kappa shape index (κ3) is 6.31. The van der Waals surface area contributed by atoms with Crippen molar-refractivity contribution in [2.45, 2.75) is 52.1 Å². The lowest BCUT2D eigenvalue weighted by Crippen LogP contribution is -2.49. The van der Waals surface area contributed by atoms with Crippen LogP contribution in [0.3, 0.4) is 0 Å². The minimum atomic E-state index is -0.639. The first-order chi connectivity index (χ1) is 14.2. The number of carbonyl (C=O) groups excluding carboxylic acids is 2. The minimum Gasteiger partial charge on any atom is -0.484 e. The molecular weight excluding hydrogens is 383 g/mol. The Morgan fingerprint density at radius 3 is 2.17 bits per heavy atom. The molecular formula is C24H31FN2O3. The minimum absolute atomic E-state index is 0.0299. The number of nitrogens with zero attached hydrogens (tertiary/aromatic N) is 1. The van der Waals surface area contributed by atoms with E-state index in [4.69, 9.17) is 4.74 Å². The van der Waals surface area contributed by atoms with E-state index in [9.17, 15) is 14.0 Å². The molecule has 30 heavy (non-hydrogen) atoms. The Bertz CT molecular complexity index is 842. The van der Waals surface area contributed by atoms with Crippen LogP contribution in [0, 0.1) is 5.82 Å². The maximum absolute atomic E-state index is 13.2. The molecule has 0 aliphatic heterocycles. The van der Waals surface area contributed by atoms with Crippen molar-refractivity contribution in [3.63, 3.8) is 0 Å². The van der Waals surface area contributed by atoms with Gasteiger partial charge in [-0.15, -0.1) is 0 Å². The van der Waals surface area contributed by atoms with E-state index in [-0.39, 0.29) is 36.2 Å². The van der Waals surface area contributed by atoms with Crippen molar-refractivity contribution in [1.29, 1.82) is 0 Å². The molecule has 162 valence electrons. The summed E-state index contributed by atoms with van der Waals surface area (Å²) in [4.78, 5) is 26.8. The van der Waals surface area contributed by atoms with E-state index >= 15 is 0 Å². The third-order valence-electron chi connectivity index (χ3n) is 4.98. The average molecular weight is 415 g/mol. The highest BCUT2D eigenvalue weighted by Crippen LogP contribution is 2.24. The van der Waals surface area contributed by atoms with Gasteiger partial charge in [0.1, 0.15) is 17.6 Å². The SMILES string of the molecule is CC[C@@H](C(=O)NC)N(Cc1ccc(F)cc1)C(=O)COc1ccc(C(C)(C)C)cc1. The first kappa shape index (κ1) is 23.4. The Morgan fingerprint density at radius 1 is 1.07 bits per heavy atom. The van der Waals surface area contributed by atoms with Crippen LogP contribution in [0.5, 0.6) is 5.75 Å². The molecule has 0 bridgehead atoms. The van der Waals surface area contributed by atoms with Gasteiger partial charge in [-0.25, -0.2) is 4.39 Å². The summed E-state index contributed by atoms with van der Waals surface area (Å²) in [6, 6.07) is 12.9. The quantitative estimate of drug-likeness (QED) is 0.709. The highest BCUT2D eigenvalue weighted by Gasteiger charge is 2.28. The molecule has 0 heterocycles. The maximum Gasteiger partial charge on any atom is 0.261 e. The Hall–Kier alpha value is -2.89. The largest absolute Gasteiger partial charge is 0.484 e. The highest BCUT2D eigenvalue weighted by atomic mass is 19.1. The monoisotopic (exact) mass is 414 g/mol. The van der Waals surface area contributed by atoms with Crippen LogP contribution in [0.2, 0.25) is 0 Å². The fourth-order valence-electron chi connectivity index (χ4n) is 3.15. The lowest BCUT2D eigenvalue weighted by Gasteiger charge is -2.30. The Balaban J connectivity index is 2.14. The average Bonchev–Trinajstić information content (AvgIpc) is 2.72. The van der Waals surface area contributed by atoms with E-state index in [2.05, 4.69) is 26.1 Å². The molecule has 0 saturated heterocycles. The molecule has 0 saturated carbocycles. The molecule has 2 aromatic carbocycles. The molecule has 0 aromatic heterocycles. The van der Waals surface area contributed by atoms with Crippen LogP contribution in [0.1, 0.15) is 45.2 Å². The first-order valence-electron chi connectivity index (χ1n) is 10.1. The number of rotatable bonds is 8. The van der Waals surface area contributed by atoms with Crippen molar-refractivity contribution >= 4 is 11.8 Å². The van der Waals surface area contributed by atoms with Gasteiger partial charge in [0.05, 0.1) is 0 Å². The van der Waals surface area contributed by atoms with Gasteiger partial charge in [-0.3, -0.25) is 9.59 Å². The summed E-state index contributed by atoms with van der Waals surface area (Å²) in [7, 11) is 1.54. The molecule has 5 nitrogen and oxygen atoms in total. The number of nitrogens with one attached hydrogen (secondary N) is 1. The van der Waals surface area contributed by atoms with Gasteiger partial charge >= 0.3 is 0 Å². The number of halogens is 1. The van der Waals surface area contributed by atoms with Crippen molar-refractivity contribution in [3.8, 4) is 5.75 Å². The van der Waals surface area contributed by atoms with Crippen molar-refractivity contribution in [2.24, 2.45) is 0 Å². The molecule has 0 fully saturated rings. The van der Waals surface area contributed by atoms with E-state index < -0.39 is 6.04 Å². The molecule has 2 aromatic rings. The van der Waals surface area contributed by atoms with E-state index in [1.807, 2.05) is 31.2 Å². The van der Waals surface area contributed by atoms with Crippen molar-refractivity contribution in [3.05, 3.63) is 65.5 Å². The van der Waals surface area contributed by atoms with E-state index in [1.54, 1.807) is 19.2 Å². The zero-order chi connectivity index (χ0) is 22.3. The zero-order valence-electron chi connectivity index (χ0n) is 18.4. The van der Waals surface area contributed by atoms with Crippen LogP contribution in [0.15, 0.2) is 48.5 Å². The highest BCUT2D eigenvalue weighted by molar-refractivity contribution is 5.88. The second kappa shape index (κ2) is 10.2. The van der Waals surface area contributed by atoms with Crippen molar-refractivity contribution in [1.82, 2.24) is 10.2 Å². The summed E-state index contributed by atoms with van der Waals surface area (Å²) >= 11 is 0. The van der Waals surface area contributed by atoms with Crippen molar-refractivity contribution < 1.29 is 18.7 Å². The smallest absolute Gasteiger partial charge is 0.261 e. The van der Waals surface area contributed by atoms with Gasteiger partial charge in [0.15, 0.2) is 6.61 Å². The molecule has 0 aliphatic rings. The van der Waals surface area contributed by atoms with Gasteiger partial charge in [0.25, 0.3) is 5.91 Å². The Morgan fingerprint density at radius 2 is 1.67 bits per heavy atom. The predicted octanol–water partition coefficient (Wildman–Crippen LogP) is 4.06. The molecule has 6 heteroatoms. The third-order valence-corrected chi connectivity index (χ3v) is 4.98. The van der Waals surface area contributed by atoms with Crippen LogP contribution in [0.4, 0.5) is 4.39 Å². The number of carbonyl (C=O) groups is 2. The van der Waals surface area contributed by atoms with Gasteiger partial charge in [-0.1, -0.05) is 52.0 Å². The molecule has 2 rings (SSSR count). The van der Waals surface area contributed by atoms with Gasteiger partial charge in [0.2, 0.25) is 5.91 Å². The van der Waals surface area contributed by atoms with Crippen LogP contribution >= 0.6 is 0 Å². The van der Waals surface area contributed by atoms with Gasteiger partial charge < -0.3 is 15.0 Å². The number of hydrogen-bond acceptors (Lipinski definition) is 3. The van der Waals surface area contributed by atoms with Crippen LogP contribution in [-0.4, -0.2) is 36.4 Å². The fraction of sp³-hybridized carbons (Fsp3) is 0.417. The van der Waals surface area contributed by atoms with Crippen LogP contribution < -0.4 is 10.1 Å². The molecule has 0 radical (unpaired) electrons. The summed E-state index contributed by atoms with van der Waals surface area (Å²) in [6.45, 7) is 8.23. The fourth-order valence-corrected chi connectivity index (χ4v) is 3.15. The molecule has 1 N–H and O–H groups in total. The number of ether oxygens (including phenoxy) is 1. The van der Waals surface area contributed by atoms with Crippen LogP contribution in [0.25, 0.3) is 0 Å². The molecule has 0 aliphatic carbocycles. The summed E-state index contributed by atoms with van der Waals surface area (Å²) in [5.74, 6) is -0.319. The molecule has 0 unspecified atom stereocenters. The number of benzene rings is 2. The summed E-state index contributed by atoms with van der Waals surface area (Å²) in [6.07, 6.45) is 0.451. The molecule has 0 spiro atoms. The zero-order valence-corrected chi connectivity index (χ0v) is 18.4. The number of likely N-dealkylation sites (N-methyl/N-ethyl adjacent to an activating group) is 1. The first-order valence-corrected chi connectivity index (χ1v) is 10.1. The maximum atomic E-state index is 13.2. The van der Waals surface area contributed by atoms with E-state index in [0.717, 1.165) is 5.56 Å². The second-order valence-electron chi connectivity index (χ2n) is 8.25. The second-order valence-corrected chi connectivity index (χ2v) is 8.25. The summed E-state index contributed by atoms with van der Waals surface area (Å²) < 4.78 is 18.9. The standard InChI is InChI=1S/C24H31FN2O3/c1-6-21(23(29)26-5)27(15-17-7-11-19(25)12-8-17)22(28)16-30-20-13-9-18(10-14-20)24(2,3)4/h7-14,21H,6,15-16H2,1-5H3,(H,26,29)/t21-/m0/s1. The van der Waals surface area contributed by atoms with Gasteiger partial charge in [-0.05, 0) is 47.2 Å². The lowest BCUT2D eigenvalue weighted by molar-refractivity contribution is -0.142.